The van der Waals surface area contributed by atoms with Crippen LogP contribution in [0.3, 0.4) is 0 Å². The Morgan fingerprint density at radius 1 is 1.19 bits per heavy atom. The highest BCUT2D eigenvalue weighted by Crippen LogP contribution is 2.25. The lowest BCUT2D eigenvalue weighted by Crippen LogP contribution is -2.41. The number of carboxylic acids is 2. The van der Waals surface area contributed by atoms with Crippen LogP contribution in [0.25, 0.3) is 11.3 Å². The third-order valence-corrected chi connectivity index (χ3v) is 4.14. The lowest BCUT2D eigenvalue weighted by atomic mass is 10.0. The number of halogens is 1. The number of aliphatic carboxylic acids is 2. The minimum atomic E-state index is -1.11. The molecular formula is C18H21ClN2O5. The van der Waals surface area contributed by atoms with Crippen LogP contribution in [0.1, 0.15) is 31.9 Å². The SMILES string of the molecule is CC(C)CC(NCC(C(=O)O)c1cc(-c2ccc(Cl)cc2)on1)C(=O)O. The first-order valence-corrected chi connectivity index (χ1v) is 8.57. The van der Waals surface area contributed by atoms with Gasteiger partial charge < -0.3 is 20.1 Å². The van der Waals surface area contributed by atoms with E-state index in [-0.39, 0.29) is 18.2 Å². The molecule has 0 aliphatic carbocycles. The number of rotatable bonds is 9. The highest BCUT2D eigenvalue weighted by molar-refractivity contribution is 6.30. The summed E-state index contributed by atoms with van der Waals surface area (Å²) in [6, 6.07) is 7.59. The third-order valence-electron chi connectivity index (χ3n) is 3.89. The summed E-state index contributed by atoms with van der Waals surface area (Å²) in [5.41, 5.74) is 0.942. The Hall–Kier alpha value is -2.38. The fourth-order valence-corrected chi connectivity index (χ4v) is 2.65. The summed E-state index contributed by atoms with van der Waals surface area (Å²) < 4.78 is 5.24. The summed E-state index contributed by atoms with van der Waals surface area (Å²) in [5, 5.41) is 26.0. The van der Waals surface area contributed by atoms with Crippen LogP contribution >= 0.6 is 11.6 Å². The highest BCUT2D eigenvalue weighted by atomic mass is 35.5. The van der Waals surface area contributed by atoms with E-state index in [2.05, 4.69) is 10.5 Å². The van der Waals surface area contributed by atoms with Crippen molar-refractivity contribution in [2.45, 2.75) is 32.2 Å². The topological polar surface area (TPSA) is 113 Å². The monoisotopic (exact) mass is 380 g/mol. The van der Waals surface area contributed by atoms with Gasteiger partial charge in [-0.25, -0.2) is 0 Å². The van der Waals surface area contributed by atoms with Crippen molar-refractivity contribution in [3.8, 4) is 11.3 Å². The van der Waals surface area contributed by atoms with E-state index >= 15 is 0 Å². The molecule has 0 amide bonds. The minimum absolute atomic E-state index is 0.0639. The van der Waals surface area contributed by atoms with Crippen LogP contribution in [0.5, 0.6) is 0 Å². The normalized spacial score (nSPS) is 13.5. The van der Waals surface area contributed by atoms with Crippen molar-refractivity contribution in [2.75, 3.05) is 6.54 Å². The molecule has 0 fully saturated rings. The van der Waals surface area contributed by atoms with Gasteiger partial charge in [0.25, 0.3) is 0 Å². The van der Waals surface area contributed by atoms with Crippen LogP contribution in [-0.2, 0) is 9.59 Å². The van der Waals surface area contributed by atoms with E-state index in [1.807, 2.05) is 13.8 Å². The Morgan fingerprint density at radius 2 is 1.85 bits per heavy atom. The van der Waals surface area contributed by atoms with E-state index < -0.39 is 23.9 Å². The van der Waals surface area contributed by atoms with Gasteiger partial charge in [0.2, 0.25) is 0 Å². The maximum absolute atomic E-state index is 11.6. The van der Waals surface area contributed by atoms with E-state index in [1.54, 1.807) is 30.3 Å². The molecule has 0 aliphatic heterocycles. The molecule has 1 aromatic heterocycles. The largest absolute Gasteiger partial charge is 0.481 e. The van der Waals surface area contributed by atoms with Gasteiger partial charge in [-0.05, 0) is 36.6 Å². The summed E-state index contributed by atoms with van der Waals surface area (Å²) in [6.07, 6.45) is 0.399. The van der Waals surface area contributed by atoms with Crippen molar-refractivity contribution in [1.82, 2.24) is 10.5 Å². The second kappa shape index (κ2) is 8.82. The Balaban J connectivity index is 2.13. The van der Waals surface area contributed by atoms with Crippen LogP contribution in [0.4, 0.5) is 0 Å². The predicted octanol–water partition coefficient (Wildman–Crippen LogP) is 3.25. The first-order valence-electron chi connectivity index (χ1n) is 8.19. The molecule has 0 saturated carbocycles. The van der Waals surface area contributed by atoms with Crippen molar-refractivity contribution in [3.63, 3.8) is 0 Å². The zero-order chi connectivity index (χ0) is 19.3. The van der Waals surface area contributed by atoms with Gasteiger partial charge in [-0.3, -0.25) is 9.59 Å². The van der Waals surface area contributed by atoms with Crippen molar-refractivity contribution in [3.05, 3.63) is 41.0 Å². The van der Waals surface area contributed by atoms with E-state index in [0.29, 0.717) is 22.8 Å². The van der Waals surface area contributed by atoms with E-state index in [1.165, 1.54) is 0 Å². The summed E-state index contributed by atoms with van der Waals surface area (Å²) in [6.45, 7) is 3.75. The number of hydrogen-bond acceptors (Lipinski definition) is 5. The Morgan fingerprint density at radius 3 is 2.38 bits per heavy atom. The summed E-state index contributed by atoms with van der Waals surface area (Å²) in [4.78, 5) is 22.9. The fourth-order valence-electron chi connectivity index (χ4n) is 2.52. The van der Waals surface area contributed by atoms with Crippen LogP contribution in [0.2, 0.25) is 5.02 Å². The molecule has 7 nitrogen and oxygen atoms in total. The van der Waals surface area contributed by atoms with Crippen molar-refractivity contribution in [1.29, 1.82) is 0 Å². The zero-order valence-electron chi connectivity index (χ0n) is 14.5. The molecule has 0 radical (unpaired) electrons. The number of aromatic nitrogens is 1. The van der Waals surface area contributed by atoms with E-state index in [4.69, 9.17) is 16.1 Å². The molecule has 3 N–H and O–H groups in total. The quantitative estimate of drug-likeness (QED) is 0.612. The van der Waals surface area contributed by atoms with Crippen molar-refractivity contribution >= 4 is 23.5 Å². The Bertz CT molecular complexity index is 757. The molecule has 2 unspecified atom stereocenters. The molecule has 0 aliphatic rings. The maximum atomic E-state index is 11.6. The lowest BCUT2D eigenvalue weighted by molar-refractivity contribution is -0.142. The van der Waals surface area contributed by atoms with Crippen LogP contribution in [-0.4, -0.2) is 39.9 Å². The molecule has 0 saturated heterocycles. The van der Waals surface area contributed by atoms with Gasteiger partial charge in [0.1, 0.15) is 12.0 Å². The smallest absolute Gasteiger partial charge is 0.320 e. The number of nitrogens with one attached hydrogen (secondary N) is 1. The number of hydrogen-bond donors (Lipinski definition) is 3. The Kier molecular flexibility index (Phi) is 6.76. The first kappa shape index (κ1) is 19.9. The molecule has 2 rings (SSSR count). The van der Waals surface area contributed by atoms with Gasteiger partial charge in [-0.1, -0.05) is 30.6 Å². The molecule has 2 atom stereocenters. The standard InChI is InChI=1S/C18H21ClN2O5/c1-10(2)7-15(18(24)25)20-9-13(17(22)23)14-8-16(26-21-14)11-3-5-12(19)6-4-11/h3-6,8,10,13,15,20H,7,9H2,1-2H3,(H,22,23)(H,24,25). The van der Waals surface area contributed by atoms with E-state index in [9.17, 15) is 19.8 Å². The van der Waals surface area contributed by atoms with E-state index in [0.717, 1.165) is 0 Å². The number of nitrogens with zero attached hydrogens (tertiary/aromatic N) is 1. The Labute approximate surface area is 156 Å². The summed E-state index contributed by atoms with van der Waals surface area (Å²) >= 11 is 5.85. The molecule has 0 spiro atoms. The predicted molar refractivity (Wildman–Crippen MR) is 96.2 cm³/mol. The molecule has 1 heterocycles. The lowest BCUT2D eigenvalue weighted by Gasteiger charge is -2.18. The van der Waals surface area contributed by atoms with Crippen molar-refractivity contribution < 1.29 is 24.3 Å². The average molecular weight is 381 g/mol. The average Bonchev–Trinajstić information content (AvgIpc) is 3.03. The minimum Gasteiger partial charge on any atom is -0.481 e. The van der Waals surface area contributed by atoms with Gasteiger partial charge in [0, 0.05) is 23.2 Å². The zero-order valence-corrected chi connectivity index (χ0v) is 15.2. The third kappa shape index (κ3) is 5.31. The van der Waals surface area contributed by atoms with Crippen molar-refractivity contribution in [2.24, 2.45) is 5.92 Å². The van der Waals surface area contributed by atoms with Crippen LogP contribution in [0.15, 0.2) is 34.9 Å². The van der Waals surface area contributed by atoms with Gasteiger partial charge in [-0.2, -0.15) is 0 Å². The van der Waals surface area contributed by atoms with Gasteiger partial charge in [0.15, 0.2) is 5.76 Å². The highest BCUT2D eigenvalue weighted by Gasteiger charge is 2.27. The molecule has 8 heteroatoms. The second-order valence-electron chi connectivity index (χ2n) is 6.44. The van der Waals surface area contributed by atoms with Crippen LogP contribution in [0, 0.1) is 5.92 Å². The van der Waals surface area contributed by atoms with Gasteiger partial charge in [-0.15, -0.1) is 0 Å². The summed E-state index contributed by atoms with van der Waals surface area (Å²) in [7, 11) is 0. The number of carbonyl (C=O) groups is 2. The first-order chi connectivity index (χ1) is 12.3. The molecule has 140 valence electrons. The number of carboxylic acid groups (broad SMARTS) is 2. The number of benzene rings is 1. The van der Waals surface area contributed by atoms with Gasteiger partial charge in [0.05, 0.1) is 5.69 Å². The fraction of sp³-hybridized carbons (Fsp3) is 0.389. The molecular weight excluding hydrogens is 360 g/mol. The molecule has 2 aromatic rings. The molecule has 26 heavy (non-hydrogen) atoms. The summed E-state index contributed by atoms with van der Waals surface area (Å²) in [5.74, 6) is -2.56. The maximum Gasteiger partial charge on any atom is 0.320 e. The second-order valence-corrected chi connectivity index (χ2v) is 6.88. The van der Waals surface area contributed by atoms with Gasteiger partial charge >= 0.3 is 11.9 Å². The van der Waals surface area contributed by atoms with Crippen LogP contribution < -0.4 is 5.32 Å². The molecule has 0 bridgehead atoms. The molecule has 1 aromatic carbocycles.